The van der Waals surface area contributed by atoms with Crippen LogP contribution < -0.4 is 5.56 Å². The van der Waals surface area contributed by atoms with Crippen LogP contribution in [0.5, 0.6) is 0 Å². The molecule has 1 saturated heterocycles. The molecular formula is C22H28N6O3. The molecule has 0 radical (unpaired) electrons. The summed E-state index contributed by atoms with van der Waals surface area (Å²) in [4.78, 5) is 49.2. The van der Waals surface area contributed by atoms with Crippen molar-refractivity contribution >= 4 is 11.8 Å². The van der Waals surface area contributed by atoms with E-state index in [4.69, 9.17) is 4.98 Å². The highest BCUT2D eigenvalue weighted by molar-refractivity contribution is 5.81. The first kappa shape index (κ1) is 20.0. The molecule has 31 heavy (non-hydrogen) atoms. The predicted molar refractivity (Wildman–Crippen MR) is 112 cm³/mol. The molecule has 9 nitrogen and oxygen atoms in total. The zero-order valence-corrected chi connectivity index (χ0v) is 17.8. The van der Waals surface area contributed by atoms with Crippen molar-refractivity contribution < 1.29 is 9.59 Å². The Kier molecular flexibility index (Phi) is 5.11. The maximum Gasteiger partial charge on any atom is 0.254 e. The summed E-state index contributed by atoms with van der Waals surface area (Å²) < 4.78 is 1.84. The summed E-state index contributed by atoms with van der Waals surface area (Å²) in [5, 5.41) is 4.23. The summed E-state index contributed by atoms with van der Waals surface area (Å²) in [6.07, 6.45) is 5.42. The van der Waals surface area contributed by atoms with Gasteiger partial charge < -0.3 is 14.8 Å². The molecule has 0 bridgehead atoms. The molecule has 3 aliphatic rings. The quantitative estimate of drug-likeness (QED) is 0.770. The number of hydrogen-bond acceptors (Lipinski definition) is 5. The Labute approximate surface area is 180 Å². The van der Waals surface area contributed by atoms with Gasteiger partial charge in [-0.1, -0.05) is 0 Å². The zero-order chi connectivity index (χ0) is 21.5. The molecule has 1 aliphatic carbocycles. The van der Waals surface area contributed by atoms with Crippen LogP contribution in [0.1, 0.15) is 54.4 Å². The number of fused-ring (bicyclic) bond motifs is 1. The number of carbonyl (C=O) groups excluding carboxylic acids is 2. The van der Waals surface area contributed by atoms with E-state index in [1.807, 2.05) is 27.5 Å². The van der Waals surface area contributed by atoms with Gasteiger partial charge in [-0.3, -0.25) is 19.1 Å². The lowest BCUT2D eigenvalue weighted by molar-refractivity contribution is -0.133. The maximum atomic E-state index is 12.7. The number of hydrogen-bond donors (Lipinski definition) is 1. The predicted octanol–water partition coefficient (Wildman–Crippen LogP) is 0.976. The number of aromatic amines is 1. The molecule has 4 heterocycles. The van der Waals surface area contributed by atoms with Crippen LogP contribution in [-0.2, 0) is 29.1 Å². The van der Waals surface area contributed by atoms with E-state index in [9.17, 15) is 14.4 Å². The lowest BCUT2D eigenvalue weighted by atomic mass is 10.0. The van der Waals surface area contributed by atoms with Crippen molar-refractivity contribution in [2.45, 2.75) is 58.0 Å². The molecular weight excluding hydrogens is 396 g/mol. The van der Waals surface area contributed by atoms with E-state index in [1.165, 1.54) is 0 Å². The number of nitrogens with zero attached hydrogens (tertiary/aromatic N) is 5. The molecule has 9 heteroatoms. The van der Waals surface area contributed by atoms with E-state index in [0.29, 0.717) is 57.0 Å². The standard InChI is InChI=1S/C22H28N6O3/c1-14-4-8-23-28(14)11-7-19(29)26-9-5-16(12-26)20-24-18-13-27(22(31)15-2-3-15)10-6-17(18)21(30)25-20/h4,8,15-16H,2-3,5-7,9-13H2,1H3,(H,24,25,30)/t16-/m1/s1. The molecule has 0 spiro atoms. The van der Waals surface area contributed by atoms with Crippen LogP contribution in [0.15, 0.2) is 17.1 Å². The van der Waals surface area contributed by atoms with Gasteiger partial charge in [0, 0.05) is 61.9 Å². The van der Waals surface area contributed by atoms with Crippen LogP contribution in [0.2, 0.25) is 0 Å². The number of H-pyrrole nitrogens is 1. The normalized spacial score (nSPS) is 20.7. The monoisotopic (exact) mass is 424 g/mol. The van der Waals surface area contributed by atoms with E-state index < -0.39 is 0 Å². The average molecular weight is 425 g/mol. The van der Waals surface area contributed by atoms with Crippen molar-refractivity contribution in [3.8, 4) is 0 Å². The topological polar surface area (TPSA) is 104 Å². The highest BCUT2D eigenvalue weighted by Gasteiger charge is 2.36. The number of nitrogens with one attached hydrogen (secondary N) is 1. The van der Waals surface area contributed by atoms with Crippen LogP contribution in [0.4, 0.5) is 0 Å². The number of likely N-dealkylation sites (tertiary alicyclic amines) is 1. The molecule has 2 amide bonds. The molecule has 164 valence electrons. The fourth-order valence-electron chi connectivity index (χ4n) is 4.63. The van der Waals surface area contributed by atoms with Crippen molar-refractivity contribution in [3.63, 3.8) is 0 Å². The van der Waals surface area contributed by atoms with Gasteiger partial charge in [0.15, 0.2) is 0 Å². The van der Waals surface area contributed by atoms with Crippen LogP contribution in [0.3, 0.4) is 0 Å². The second-order valence-electron chi connectivity index (χ2n) is 8.93. The lowest BCUT2D eigenvalue weighted by Crippen LogP contribution is -2.40. The third kappa shape index (κ3) is 4.00. The minimum absolute atomic E-state index is 0.0166. The zero-order valence-electron chi connectivity index (χ0n) is 17.8. The van der Waals surface area contributed by atoms with Gasteiger partial charge in [0.05, 0.1) is 12.2 Å². The van der Waals surface area contributed by atoms with Gasteiger partial charge in [-0.25, -0.2) is 4.98 Å². The number of carbonyl (C=O) groups is 2. The van der Waals surface area contributed by atoms with Gasteiger partial charge in [0.25, 0.3) is 5.56 Å². The summed E-state index contributed by atoms with van der Waals surface area (Å²) >= 11 is 0. The first-order valence-corrected chi connectivity index (χ1v) is 11.2. The minimum Gasteiger partial charge on any atom is -0.342 e. The third-order valence-electron chi connectivity index (χ3n) is 6.72. The Morgan fingerprint density at radius 2 is 2.03 bits per heavy atom. The summed E-state index contributed by atoms with van der Waals surface area (Å²) in [6.45, 7) is 4.77. The fourth-order valence-corrected chi connectivity index (χ4v) is 4.63. The first-order valence-electron chi connectivity index (χ1n) is 11.2. The van der Waals surface area contributed by atoms with Gasteiger partial charge in [0.1, 0.15) is 5.82 Å². The van der Waals surface area contributed by atoms with Gasteiger partial charge in [-0.2, -0.15) is 5.10 Å². The van der Waals surface area contributed by atoms with Crippen molar-refractivity contribution in [1.29, 1.82) is 0 Å². The van der Waals surface area contributed by atoms with Crippen LogP contribution in [-0.4, -0.2) is 61.0 Å². The molecule has 1 atom stereocenters. The van der Waals surface area contributed by atoms with Crippen LogP contribution >= 0.6 is 0 Å². The first-order chi connectivity index (χ1) is 15.0. The molecule has 2 aromatic rings. The lowest BCUT2D eigenvalue weighted by Gasteiger charge is -2.28. The number of rotatable bonds is 5. The van der Waals surface area contributed by atoms with Crippen molar-refractivity contribution in [3.05, 3.63) is 45.4 Å². The van der Waals surface area contributed by atoms with E-state index in [2.05, 4.69) is 10.1 Å². The number of aromatic nitrogens is 4. The second-order valence-corrected chi connectivity index (χ2v) is 8.93. The molecule has 2 fully saturated rings. The Balaban J connectivity index is 1.25. The van der Waals surface area contributed by atoms with E-state index >= 15 is 0 Å². The highest BCUT2D eigenvalue weighted by Crippen LogP contribution is 2.32. The Hall–Kier alpha value is -2.97. The molecule has 1 N–H and O–H groups in total. The van der Waals surface area contributed by atoms with E-state index in [0.717, 1.165) is 30.7 Å². The van der Waals surface area contributed by atoms with Gasteiger partial charge in [-0.05, 0) is 38.7 Å². The highest BCUT2D eigenvalue weighted by atomic mass is 16.2. The third-order valence-corrected chi connectivity index (χ3v) is 6.72. The van der Waals surface area contributed by atoms with Crippen molar-refractivity contribution in [1.82, 2.24) is 29.5 Å². The summed E-state index contributed by atoms with van der Waals surface area (Å²) in [6, 6.07) is 1.92. The Morgan fingerprint density at radius 3 is 2.77 bits per heavy atom. The molecule has 2 aliphatic heterocycles. The smallest absolute Gasteiger partial charge is 0.254 e. The minimum atomic E-state index is -0.0996. The molecule has 2 aromatic heterocycles. The number of amides is 2. The largest absolute Gasteiger partial charge is 0.342 e. The summed E-state index contributed by atoms with van der Waals surface area (Å²) in [7, 11) is 0. The van der Waals surface area contributed by atoms with Crippen molar-refractivity contribution in [2.24, 2.45) is 5.92 Å². The van der Waals surface area contributed by atoms with Crippen LogP contribution in [0.25, 0.3) is 0 Å². The van der Waals surface area contributed by atoms with Gasteiger partial charge in [-0.15, -0.1) is 0 Å². The van der Waals surface area contributed by atoms with Crippen LogP contribution in [0, 0.1) is 12.8 Å². The molecule has 0 unspecified atom stereocenters. The van der Waals surface area contributed by atoms with Gasteiger partial charge >= 0.3 is 0 Å². The molecule has 5 rings (SSSR count). The maximum absolute atomic E-state index is 12.7. The fraction of sp³-hybridized carbons (Fsp3) is 0.591. The molecule has 0 aromatic carbocycles. The van der Waals surface area contributed by atoms with E-state index in [-0.39, 0.29) is 29.2 Å². The van der Waals surface area contributed by atoms with Crippen molar-refractivity contribution in [2.75, 3.05) is 19.6 Å². The Bertz CT molecular complexity index is 1070. The van der Waals surface area contributed by atoms with Gasteiger partial charge in [0.2, 0.25) is 11.8 Å². The Morgan fingerprint density at radius 1 is 1.19 bits per heavy atom. The average Bonchev–Trinajstić information content (AvgIpc) is 3.35. The van der Waals surface area contributed by atoms with E-state index in [1.54, 1.807) is 6.20 Å². The summed E-state index contributed by atoms with van der Waals surface area (Å²) in [5.41, 5.74) is 2.36. The number of aryl methyl sites for hydroxylation is 2. The molecule has 1 saturated carbocycles. The summed E-state index contributed by atoms with van der Waals surface area (Å²) in [5.74, 6) is 1.12. The second kappa shape index (κ2) is 7.94. The SMILES string of the molecule is Cc1ccnn1CCC(=O)N1CC[C@@H](c2nc3c(c(=O)[nH]2)CCN(C(=O)C2CC2)C3)C1.